The van der Waals surface area contributed by atoms with Crippen molar-refractivity contribution in [3.8, 4) is 5.75 Å². The van der Waals surface area contributed by atoms with Gasteiger partial charge in [0.2, 0.25) is 0 Å². The number of rotatable bonds is 5. The SMILES string of the molecule is CN(Cc1ccsc1)C(=O)COc1ccc(F)cc1. The minimum absolute atomic E-state index is 0.0493. The van der Waals surface area contributed by atoms with E-state index in [1.165, 1.54) is 24.3 Å². The van der Waals surface area contributed by atoms with Crippen LogP contribution in [0.5, 0.6) is 5.75 Å². The lowest BCUT2D eigenvalue weighted by Crippen LogP contribution is -2.30. The molecule has 1 aromatic heterocycles. The van der Waals surface area contributed by atoms with Crippen LogP contribution in [-0.2, 0) is 11.3 Å². The Labute approximate surface area is 115 Å². The van der Waals surface area contributed by atoms with Crippen molar-refractivity contribution in [1.82, 2.24) is 4.90 Å². The van der Waals surface area contributed by atoms with E-state index in [9.17, 15) is 9.18 Å². The number of hydrogen-bond acceptors (Lipinski definition) is 3. The number of ether oxygens (including phenoxy) is 1. The number of nitrogens with zero attached hydrogens (tertiary/aromatic N) is 1. The van der Waals surface area contributed by atoms with Crippen molar-refractivity contribution >= 4 is 17.2 Å². The van der Waals surface area contributed by atoms with E-state index in [0.29, 0.717) is 12.3 Å². The number of thiophene rings is 1. The molecular weight excluding hydrogens is 265 g/mol. The fraction of sp³-hybridized carbons (Fsp3) is 0.214. The highest BCUT2D eigenvalue weighted by molar-refractivity contribution is 7.07. The maximum absolute atomic E-state index is 12.7. The van der Waals surface area contributed by atoms with Crippen LogP contribution in [0.3, 0.4) is 0 Å². The minimum atomic E-state index is -0.326. The van der Waals surface area contributed by atoms with Crippen LogP contribution in [-0.4, -0.2) is 24.5 Å². The highest BCUT2D eigenvalue weighted by Gasteiger charge is 2.10. The Morgan fingerprint density at radius 2 is 2.05 bits per heavy atom. The zero-order valence-electron chi connectivity index (χ0n) is 10.5. The molecule has 0 bridgehead atoms. The smallest absolute Gasteiger partial charge is 0.260 e. The average molecular weight is 279 g/mol. The third kappa shape index (κ3) is 4.06. The Hall–Kier alpha value is -1.88. The molecule has 0 atom stereocenters. The average Bonchev–Trinajstić information content (AvgIpc) is 2.90. The third-order valence-corrected chi connectivity index (χ3v) is 3.33. The van der Waals surface area contributed by atoms with E-state index in [2.05, 4.69) is 0 Å². The first-order valence-electron chi connectivity index (χ1n) is 5.78. The molecule has 2 rings (SSSR count). The van der Waals surface area contributed by atoms with E-state index < -0.39 is 0 Å². The number of benzene rings is 1. The molecule has 3 nitrogen and oxygen atoms in total. The van der Waals surface area contributed by atoms with Gasteiger partial charge in [0.05, 0.1) is 0 Å². The van der Waals surface area contributed by atoms with E-state index in [4.69, 9.17) is 4.74 Å². The van der Waals surface area contributed by atoms with Crippen molar-refractivity contribution < 1.29 is 13.9 Å². The normalized spacial score (nSPS) is 10.2. The van der Waals surface area contributed by atoms with E-state index in [1.54, 1.807) is 23.3 Å². The maximum atomic E-state index is 12.7. The highest BCUT2D eigenvalue weighted by atomic mass is 32.1. The second-order valence-electron chi connectivity index (χ2n) is 4.12. The first-order valence-corrected chi connectivity index (χ1v) is 6.73. The lowest BCUT2D eigenvalue weighted by atomic mass is 10.3. The molecule has 1 amide bonds. The number of likely N-dealkylation sites (N-methyl/N-ethyl adjacent to an activating group) is 1. The summed E-state index contributed by atoms with van der Waals surface area (Å²) in [4.78, 5) is 13.4. The number of hydrogen-bond donors (Lipinski definition) is 0. The predicted octanol–water partition coefficient (Wildman–Crippen LogP) is 2.92. The molecule has 19 heavy (non-hydrogen) atoms. The Morgan fingerprint density at radius 3 is 2.68 bits per heavy atom. The van der Waals surface area contributed by atoms with Crippen LogP contribution in [0.1, 0.15) is 5.56 Å². The molecule has 0 aliphatic rings. The molecule has 2 aromatic rings. The summed E-state index contributed by atoms with van der Waals surface area (Å²) in [7, 11) is 1.73. The molecule has 0 aliphatic heterocycles. The molecule has 0 unspecified atom stereocenters. The fourth-order valence-corrected chi connectivity index (χ4v) is 2.19. The van der Waals surface area contributed by atoms with Gasteiger partial charge in [0.25, 0.3) is 5.91 Å². The number of carbonyl (C=O) groups is 1. The van der Waals surface area contributed by atoms with Crippen LogP contribution in [0.4, 0.5) is 4.39 Å². The lowest BCUT2D eigenvalue weighted by Gasteiger charge is -2.16. The summed E-state index contributed by atoms with van der Waals surface area (Å²) in [6.07, 6.45) is 0. The van der Waals surface area contributed by atoms with Crippen LogP contribution in [0.2, 0.25) is 0 Å². The van der Waals surface area contributed by atoms with E-state index >= 15 is 0 Å². The first-order chi connectivity index (χ1) is 9.15. The quantitative estimate of drug-likeness (QED) is 0.842. The van der Waals surface area contributed by atoms with Gasteiger partial charge >= 0.3 is 0 Å². The second-order valence-corrected chi connectivity index (χ2v) is 4.90. The minimum Gasteiger partial charge on any atom is -0.484 e. The number of carbonyl (C=O) groups excluding carboxylic acids is 1. The van der Waals surface area contributed by atoms with Gasteiger partial charge in [-0.05, 0) is 46.7 Å². The fourth-order valence-electron chi connectivity index (χ4n) is 1.53. The molecule has 0 saturated heterocycles. The standard InChI is InChI=1S/C14H14FNO2S/c1-16(8-11-6-7-19-10-11)14(17)9-18-13-4-2-12(15)3-5-13/h2-7,10H,8-9H2,1H3. The Bertz CT molecular complexity index is 525. The zero-order chi connectivity index (χ0) is 13.7. The third-order valence-electron chi connectivity index (χ3n) is 2.60. The van der Waals surface area contributed by atoms with Gasteiger partial charge in [-0.25, -0.2) is 4.39 Å². The summed E-state index contributed by atoms with van der Waals surface area (Å²) in [5, 5.41) is 3.98. The van der Waals surface area contributed by atoms with Crippen molar-refractivity contribution in [2.24, 2.45) is 0 Å². The molecule has 0 spiro atoms. The largest absolute Gasteiger partial charge is 0.484 e. The molecular formula is C14H14FNO2S. The zero-order valence-corrected chi connectivity index (χ0v) is 11.3. The first kappa shape index (κ1) is 13.5. The van der Waals surface area contributed by atoms with Crippen LogP contribution in [0, 0.1) is 5.82 Å². The van der Waals surface area contributed by atoms with Crippen LogP contribution in [0.25, 0.3) is 0 Å². The molecule has 1 aromatic carbocycles. The molecule has 5 heteroatoms. The van der Waals surface area contributed by atoms with Crippen molar-refractivity contribution in [2.45, 2.75) is 6.54 Å². The van der Waals surface area contributed by atoms with Crippen LogP contribution < -0.4 is 4.74 Å². The van der Waals surface area contributed by atoms with Gasteiger partial charge in [-0.3, -0.25) is 4.79 Å². The summed E-state index contributed by atoms with van der Waals surface area (Å²) in [5.74, 6) is 0.0439. The summed E-state index contributed by atoms with van der Waals surface area (Å²) in [6, 6.07) is 7.59. The summed E-state index contributed by atoms with van der Waals surface area (Å²) in [5.41, 5.74) is 1.10. The molecule has 0 radical (unpaired) electrons. The van der Waals surface area contributed by atoms with Crippen molar-refractivity contribution in [3.05, 3.63) is 52.5 Å². The number of halogens is 1. The van der Waals surface area contributed by atoms with Crippen molar-refractivity contribution in [2.75, 3.05) is 13.7 Å². The van der Waals surface area contributed by atoms with Crippen LogP contribution >= 0.6 is 11.3 Å². The Morgan fingerprint density at radius 1 is 1.32 bits per heavy atom. The van der Waals surface area contributed by atoms with Gasteiger partial charge in [0, 0.05) is 13.6 Å². The van der Waals surface area contributed by atoms with Gasteiger partial charge in [0.15, 0.2) is 6.61 Å². The van der Waals surface area contributed by atoms with Crippen LogP contribution in [0.15, 0.2) is 41.1 Å². The van der Waals surface area contributed by atoms with E-state index in [0.717, 1.165) is 5.56 Å². The molecule has 0 N–H and O–H groups in total. The maximum Gasteiger partial charge on any atom is 0.260 e. The Kier molecular flexibility index (Phi) is 4.52. The molecule has 0 saturated carbocycles. The molecule has 100 valence electrons. The van der Waals surface area contributed by atoms with Gasteiger partial charge in [-0.1, -0.05) is 0 Å². The lowest BCUT2D eigenvalue weighted by molar-refractivity contribution is -0.132. The predicted molar refractivity (Wildman–Crippen MR) is 72.7 cm³/mol. The summed E-state index contributed by atoms with van der Waals surface area (Å²) < 4.78 is 18.0. The van der Waals surface area contributed by atoms with Gasteiger partial charge in [-0.15, -0.1) is 0 Å². The topological polar surface area (TPSA) is 29.5 Å². The number of amides is 1. The van der Waals surface area contributed by atoms with Gasteiger partial charge in [0.1, 0.15) is 11.6 Å². The van der Waals surface area contributed by atoms with Gasteiger partial charge < -0.3 is 9.64 Å². The highest BCUT2D eigenvalue weighted by Crippen LogP contribution is 2.12. The second kappa shape index (κ2) is 6.33. The van der Waals surface area contributed by atoms with Crippen molar-refractivity contribution in [1.29, 1.82) is 0 Å². The Balaban J connectivity index is 1.82. The molecule has 1 heterocycles. The summed E-state index contributed by atoms with van der Waals surface area (Å²) >= 11 is 1.60. The summed E-state index contributed by atoms with van der Waals surface area (Å²) in [6.45, 7) is 0.515. The molecule has 0 aliphatic carbocycles. The van der Waals surface area contributed by atoms with E-state index in [1.807, 2.05) is 16.8 Å². The molecule has 0 fully saturated rings. The monoisotopic (exact) mass is 279 g/mol. The van der Waals surface area contributed by atoms with E-state index in [-0.39, 0.29) is 18.3 Å². The van der Waals surface area contributed by atoms with Gasteiger partial charge in [-0.2, -0.15) is 11.3 Å². The van der Waals surface area contributed by atoms with Crippen molar-refractivity contribution in [3.63, 3.8) is 0 Å².